The predicted octanol–water partition coefficient (Wildman–Crippen LogP) is 2.70. The first kappa shape index (κ1) is 17.4. The summed E-state index contributed by atoms with van der Waals surface area (Å²) in [7, 11) is 0. The lowest BCUT2D eigenvalue weighted by Gasteiger charge is -2.34. The zero-order valence-electron chi connectivity index (χ0n) is 10.8. The largest absolute Gasteiger partial charge is 0.381 e. The van der Waals surface area contributed by atoms with E-state index in [1.165, 1.54) is 12.1 Å². The number of carbonyl (C=O) groups is 1. The molecule has 112 valence electrons. The van der Waals surface area contributed by atoms with Crippen LogP contribution in [-0.4, -0.2) is 25.7 Å². The standard InChI is InChI=1S/C13H16BrFN2O2.ClH/c14-9-1-2-10(15)11(7-9)17-12(18)13(8-16)3-5-19-6-4-13;/h1-2,7H,3-6,8,16H2,(H,17,18);1H. The molecule has 7 heteroatoms. The van der Waals surface area contributed by atoms with E-state index in [4.69, 9.17) is 10.5 Å². The number of benzene rings is 1. The van der Waals surface area contributed by atoms with Gasteiger partial charge in [-0.05, 0) is 31.0 Å². The van der Waals surface area contributed by atoms with E-state index in [1.807, 2.05) is 0 Å². The highest BCUT2D eigenvalue weighted by Crippen LogP contribution is 2.31. The van der Waals surface area contributed by atoms with Crippen molar-refractivity contribution >= 4 is 39.9 Å². The smallest absolute Gasteiger partial charge is 0.232 e. The van der Waals surface area contributed by atoms with E-state index in [0.29, 0.717) is 30.5 Å². The molecule has 1 aromatic carbocycles. The van der Waals surface area contributed by atoms with Crippen molar-refractivity contribution in [2.75, 3.05) is 25.1 Å². The van der Waals surface area contributed by atoms with Crippen molar-refractivity contribution in [2.24, 2.45) is 11.1 Å². The molecule has 3 N–H and O–H groups in total. The summed E-state index contributed by atoms with van der Waals surface area (Å²) in [5.74, 6) is -0.703. The Labute approximate surface area is 131 Å². The molecule has 1 saturated heterocycles. The van der Waals surface area contributed by atoms with Crippen molar-refractivity contribution in [1.82, 2.24) is 0 Å². The summed E-state index contributed by atoms with van der Waals surface area (Å²) in [4.78, 5) is 12.4. The summed E-state index contributed by atoms with van der Waals surface area (Å²) in [5.41, 5.74) is 5.25. The molecular formula is C13H17BrClFN2O2. The lowest BCUT2D eigenvalue weighted by Crippen LogP contribution is -2.46. The minimum absolute atomic E-state index is 0. The van der Waals surface area contributed by atoms with Crippen LogP contribution in [0.2, 0.25) is 0 Å². The average Bonchev–Trinajstić information content (AvgIpc) is 2.43. The molecule has 1 heterocycles. The molecule has 0 bridgehead atoms. The number of rotatable bonds is 3. The molecule has 0 atom stereocenters. The first-order valence-electron chi connectivity index (χ1n) is 6.12. The van der Waals surface area contributed by atoms with E-state index in [1.54, 1.807) is 6.07 Å². The molecule has 1 amide bonds. The van der Waals surface area contributed by atoms with E-state index in [9.17, 15) is 9.18 Å². The maximum Gasteiger partial charge on any atom is 0.232 e. The van der Waals surface area contributed by atoms with Crippen LogP contribution in [0.3, 0.4) is 0 Å². The molecule has 1 aliphatic rings. The number of amides is 1. The maximum atomic E-state index is 13.6. The third-order valence-corrected chi connectivity index (χ3v) is 3.99. The van der Waals surface area contributed by atoms with Gasteiger partial charge in [0.05, 0.1) is 11.1 Å². The Morgan fingerprint density at radius 1 is 1.45 bits per heavy atom. The third-order valence-electron chi connectivity index (χ3n) is 3.50. The summed E-state index contributed by atoms with van der Waals surface area (Å²) in [5, 5.41) is 2.63. The number of carbonyl (C=O) groups excluding carboxylic acids is 1. The number of hydrogen-bond donors (Lipinski definition) is 2. The molecule has 0 spiro atoms. The van der Waals surface area contributed by atoms with Crippen molar-refractivity contribution in [3.63, 3.8) is 0 Å². The van der Waals surface area contributed by atoms with E-state index in [0.717, 1.165) is 0 Å². The fourth-order valence-corrected chi connectivity index (χ4v) is 2.50. The van der Waals surface area contributed by atoms with Gasteiger partial charge in [0, 0.05) is 24.2 Å². The summed E-state index contributed by atoms with van der Waals surface area (Å²) >= 11 is 3.25. The van der Waals surface area contributed by atoms with Crippen molar-refractivity contribution in [1.29, 1.82) is 0 Å². The molecule has 0 radical (unpaired) electrons. The minimum Gasteiger partial charge on any atom is -0.381 e. The SMILES string of the molecule is Cl.NCC1(C(=O)Nc2cc(Br)ccc2F)CCOCC1. The number of nitrogens with one attached hydrogen (secondary N) is 1. The molecule has 0 saturated carbocycles. The Balaban J connectivity index is 0.00000200. The highest BCUT2D eigenvalue weighted by atomic mass is 79.9. The van der Waals surface area contributed by atoms with Gasteiger partial charge in [-0.2, -0.15) is 0 Å². The van der Waals surface area contributed by atoms with Gasteiger partial charge < -0.3 is 15.8 Å². The van der Waals surface area contributed by atoms with Gasteiger partial charge in [-0.25, -0.2) is 4.39 Å². The van der Waals surface area contributed by atoms with E-state index in [2.05, 4.69) is 21.2 Å². The Bertz CT molecular complexity index is 481. The van der Waals surface area contributed by atoms with Crippen molar-refractivity contribution in [3.8, 4) is 0 Å². The predicted molar refractivity (Wildman–Crippen MR) is 81.5 cm³/mol. The lowest BCUT2D eigenvalue weighted by atomic mass is 9.79. The monoisotopic (exact) mass is 366 g/mol. The molecule has 1 fully saturated rings. The quantitative estimate of drug-likeness (QED) is 0.863. The van der Waals surface area contributed by atoms with Crippen LogP contribution in [0.25, 0.3) is 0 Å². The zero-order valence-corrected chi connectivity index (χ0v) is 13.2. The van der Waals surface area contributed by atoms with Gasteiger partial charge in [0.15, 0.2) is 0 Å². The summed E-state index contributed by atoms with van der Waals surface area (Å²) in [6.45, 7) is 1.25. The number of hydrogen-bond acceptors (Lipinski definition) is 3. The molecule has 1 aromatic rings. The van der Waals surface area contributed by atoms with Gasteiger partial charge >= 0.3 is 0 Å². The lowest BCUT2D eigenvalue weighted by molar-refractivity contribution is -0.130. The topological polar surface area (TPSA) is 64.4 Å². The van der Waals surface area contributed by atoms with Gasteiger partial charge in [-0.3, -0.25) is 4.79 Å². The molecule has 2 rings (SSSR count). The zero-order chi connectivity index (χ0) is 13.9. The first-order valence-corrected chi connectivity index (χ1v) is 6.91. The highest BCUT2D eigenvalue weighted by Gasteiger charge is 2.39. The Morgan fingerprint density at radius 3 is 2.70 bits per heavy atom. The first-order chi connectivity index (χ1) is 9.07. The maximum absolute atomic E-state index is 13.6. The second-order valence-electron chi connectivity index (χ2n) is 4.68. The fraction of sp³-hybridized carbons (Fsp3) is 0.462. The Kier molecular flexibility index (Phi) is 6.39. The normalized spacial score (nSPS) is 17.1. The Hall–Kier alpha value is -0.690. The van der Waals surface area contributed by atoms with E-state index >= 15 is 0 Å². The summed E-state index contributed by atoms with van der Waals surface area (Å²) < 4.78 is 19.6. The van der Waals surface area contributed by atoms with Crippen molar-refractivity contribution in [3.05, 3.63) is 28.5 Å². The number of anilines is 1. The molecular weight excluding hydrogens is 351 g/mol. The van der Waals surface area contributed by atoms with Crippen LogP contribution < -0.4 is 11.1 Å². The van der Waals surface area contributed by atoms with Crippen molar-refractivity contribution < 1.29 is 13.9 Å². The van der Waals surface area contributed by atoms with E-state index in [-0.39, 0.29) is 30.5 Å². The second-order valence-corrected chi connectivity index (χ2v) is 5.59. The van der Waals surface area contributed by atoms with Crippen LogP contribution in [0.1, 0.15) is 12.8 Å². The van der Waals surface area contributed by atoms with Crippen LogP contribution in [0.5, 0.6) is 0 Å². The number of nitrogens with two attached hydrogens (primary N) is 1. The van der Waals surface area contributed by atoms with Crippen LogP contribution >= 0.6 is 28.3 Å². The highest BCUT2D eigenvalue weighted by molar-refractivity contribution is 9.10. The van der Waals surface area contributed by atoms with Gasteiger partial charge in [-0.15, -0.1) is 12.4 Å². The molecule has 4 nitrogen and oxygen atoms in total. The van der Waals surface area contributed by atoms with Crippen LogP contribution in [0, 0.1) is 11.2 Å². The van der Waals surface area contributed by atoms with E-state index < -0.39 is 11.2 Å². The number of halogens is 3. The molecule has 20 heavy (non-hydrogen) atoms. The van der Waals surface area contributed by atoms with Gasteiger partial charge in [0.1, 0.15) is 5.82 Å². The second kappa shape index (κ2) is 7.36. The van der Waals surface area contributed by atoms with Gasteiger partial charge in [0.2, 0.25) is 5.91 Å². The molecule has 0 aliphatic carbocycles. The Morgan fingerprint density at radius 2 is 2.10 bits per heavy atom. The average molecular weight is 368 g/mol. The van der Waals surface area contributed by atoms with Crippen LogP contribution in [-0.2, 0) is 9.53 Å². The van der Waals surface area contributed by atoms with Crippen molar-refractivity contribution in [2.45, 2.75) is 12.8 Å². The minimum atomic E-state index is -0.660. The summed E-state index contributed by atoms with van der Waals surface area (Å²) in [6.07, 6.45) is 1.12. The van der Waals surface area contributed by atoms with Gasteiger partial charge in [-0.1, -0.05) is 15.9 Å². The fourth-order valence-electron chi connectivity index (χ4n) is 2.13. The molecule has 0 unspecified atom stereocenters. The summed E-state index contributed by atoms with van der Waals surface area (Å²) in [6, 6.07) is 4.42. The van der Waals surface area contributed by atoms with Crippen LogP contribution in [0.15, 0.2) is 22.7 Å². The third kappa shape index (κ3) is 3.69. The van der Waals surface area contributed by atoms with Crippen LogP contribution in [0.4, 0.5) is 10.1 Å². The molecule has 0 aromatic heterocycles. The van der Waals surface area contributed by atoms with Gasteiger partial charge in [0.25, 0.3) is 0 Å². The number of ether oxygens (including phenoxy) is 1. The molecule has 1 aliphatic heterocycles.